The lowest BCUT2D eigenvalue weighted by atomic mass is 9.75. The van der Waals surface area contributed by atoms with Crippen molar-refractivity contribution < 1.29 is 96.5 Å². The van der Waals surface area contributed by atoms with Crippen molar-refractivity contribution in [1.29, 1.82) is 0 Å². The van der Waals surface area contributed by atoms with Crippen LogP contribution in [0.4, 0.5) is 5.69 Å². The minimum atomic E-state index is -2.44. The quantitative estimate of drug-likeness (QED) is 0.0148. The van der Waals surface area contributed by atoms with Crippen LogP contribution in [0.5, 0.6) is 11.5 Å². The van der Waals surface area contributed by atoms with Crippen molar-refractivity contribution in [2.75, 3.05) is 58.6 Å². The number of aliphatic hydroxyl groups is 4. The topological polar surface area (TPSA) is 288 Å². The number of hydroxylamine groups is 1. The van der Waals surface area contributed by atoms with Gasteiger partial charge in [0.25, 0.3) is 5.91 Å². The Bertz CT molecular complexity index is 2690. The smallest absolute Gasteiger partial charge is 0.340 e. The van der Waals surface area contributed by atoms with E-state index in [9.17, 15) is 34.8 Å². The van der Waals surface area contributed by atoms with Gasteiger partial charge in [-0.3, -0.25) is 14.4 Å². The van der Waals surface area contributed by atoms with Crippen LogP contribution in [0.2, 0.25) is 0 Å². The van der Waals surface area contributed by atoms with Crippen LogP contribution in [0.25, 0.3) is 0 Å². The van der Waals surface area contributed by atoms with Crippen molar-refractivity contribution in [1.82, 2.24) is 10.8 Å². The SMILES string of the molecule is C=C(OC)C(=O)Nc1cc(OC)c(OC)cc1C(=O)O[C@H]1CC(O[C@@H]2C(=O)C=C3/C(=C\CSSSC)[C@]2(O)C#C/C=C\C#C[C@@H]3O[C@@H]2O[C@H](C)[C@@H](NO[C@H]3C[C@H](O)[C@H](SC)[C@@H](C)O3)[C@H](O)[C@H]2O[C@H]2C[C@H](OC)[C@@H](NC(C)C)CO2)O[C@@H](C)[C@@H]1O. The van der Waals surface area contributed by atoms with Crippen molar-refractivity contribution in [3.63, 3.8) is 0 Å². The third kappa shape index (κ3) is 16.4. The standard InChI is InChI=1S/C57H77N3O20S4/c1-28(2)58-37-27-72-45(25-41(37)69-8)78-51-50(64)48(60-80-47-24-38(61)52(81-11)31(5)74-47)29(3)75-56(51)77-40-17-15-13-14-16-19-57(67)35(18-20-83-84-82-12)33(40)21-39(62)53(57)79-46-26-44(49(63)30(4)73-46)76-55(66)34-22-42(70-9)43(71-10)23-36(34)59-54(65)32(6)68-7/h13-14,18,21-23,28-31,37-38,40-41,44-53,56,58,60-61,63-64,67H,6,20,24-27H2,1-5,7-12H3,(H,59,65)/b14-13-,35-18+/t29-,30+,31-,37+,38+,40+,41+,44+,45+,46?,47+,48-,49+,50+,51-,52-,53-,56+,57-/m1/s1. The maximum Gasteiger partial charge on any atom is 0.340 e. The zero-order chi connectivity index (χ0) is 61.0. The van der Waals surface area contributed by atoms with Gasteiger partial charge in [-0.1, -0.05) is 71.8 Å². The molecule has 7 N–H and O–H groups in total. The fourth-order valence-corrected chi connectivity index (χ4v) is 13.7. The number of amides is 1. The molecule has 23 nitrogen and oxygen atoms in total. The predicted octanol–water partition coefficient (Wildman–Crippen LogP) is 3.73. The normalized spacial score (nSPS) is 35.8. The van der Waals surface area contributed by atoms with Crippen molar-refractivity contribution >= 4 is 66.5 Å². The number of hydrogen-bond acceptors (Lipinski definition) is 26. The summed E-state index contributed by atoms with van der Waals surface area (Å²) in [6, 6.07) is 1.62. The van der Waals surface area contributed by atoms with Gasteiger partial charge in [-0.25, -0.2) is 4.79 Å². The van der Waals surface area contributed by atoms with E-state index in [0.717, 1.165) is 0 Å². The lowest BCUT2D eigenvalue weighted by Crippen LogP contribution is -2.65. The first-order valence-corrected chi connectivity index (χ1v) is 32.6. The van der Waals surface area contributed by atoms with E-state index in [-0.39, 0.29) is 101 Å². The van der Waals surface area contributed by atoms with Crippen LogP contribution in [-0.4, -0.2) is 213 Å². The van der Waals surface area contributed by atoms with E-state index in [4.69, 9.17) is 61.7 Å². The van der Waals surface area contributed by atoms with Gasteiger partial charge < -0.3 is 87.9 Å². The molecule has 0 spiro atoms. The van der Waals surface area contributed by atoms with Crippen LogP contribution in [0.3, 0.4) is 0 Å². The highest BCUT2D eigenvalue weighted by molar-refractivity contribution is 9.09. The Labute approximate surface area is 505 Å². The lowest BCUT2D eigenvalue weighted by Gasteiger charge is -2.47. The van der Waals surface area contributed by atoms with E-state index in [0.29, 0.717) is 0 Å². The molecule has 2 bridgehead atoms. The second kappa shape index (κ2) is 31.3. The molecule has 84 heavy (non-hydrogen) atoms. The van der Waals surface area contributed by atoms with Crippen molar-refractivity contribution in [2.45, 2.75) is 175 Å². The van der Waals surface area contributed by atoms with Crippen molar-refractivity contribution in [2.24, 2.45) is 0 Å². The molecule has 1 amide bonds. The monoisotopic (exact) mass is 1250 g/mol. The highest BCUT2D eigenvalue weighted by Gasteiger charge is 2.54. The Hall–Kier alpha value is -3.89. The van der Waals surface area contributed by atoms with Gasteiger partial charge in [0.2, 0.25) is 0 Å². The minimum Gasteiger partial charge on any atom is -0.493 e. The number of ether oxygens (including phenoxy) is 12. The Balaban J connectivity index is 1.19. The highest BCUT2D eigenvalue weighted by atomic mass is 33.5. The minimum absolute atomic E-state index is 0.0577. The number of nitrogens with one attached hydrogen (secondary N) is 3. The Morgan fingerprint density at radius 1 is 0.893 bits per heavy atom. The molecule has 1 unspecified atom stereocenters. The van der Waals surface area contributed by atoms with Gasteiger partial charge in [-0.15, -0.1) is 0 Å². The molecule has 2 aliphatic carbocycles. The summed E-state index contributed by atoms with van der Waals surface area (Å²) in [7, 11) is 10.00. The third-order valence-electron chi connectivity index (χ3n) is 14.7. The van der Waals surface area contributed by atoms with E-state index in [2.05, 4.69) is 46.4 Å². The summed E-state index contributed by atoms with van der Waals surface area (Å²) in [5.74, 6) is 9.43. The number of ketones is 1. The van der Waals surface area contributed by atoms with E-state index in [1.807, 2.05) is 33.3 Å². The first-order chi connectivity index (χ1) is 40.2. The summed E-state index contributed by atoms with van der Waals surface area (Å²) < 4.78 is 72.6. The number of carbonyl (C=O) groups excluding carboxylic acids is 3. The van der Waals surface area contributed by atoms with Gasteiger partial charge in [0.1, 0.15) is 30.5 Å². The average Bonchev–Trinajstić information content (AvgIpc) is 1.27. The molecule has 464 valence electrons. The van der Waals surface area contributed by atoms with Gasteiger partial charge >= 0.3 is 5.97 Å². The summed E-state index contributed by atoms with van der Waals surface area (Å²) in [5.41, 5.74) is 0.432. The molecular weight excluding hydrogens is 1170 g/mol. The molecule has 1 aromatic rings. The number of anilines is 1. The largest absolute Gasteiger partial charge is 0.493 e. The molecule has 27 heteroatoms. The number of hydrogen-bond donors (Lipinski definition) is 7. The lowest BCUT2D eigenvalue weighted by molar-refractivity contribution is -0.336. The maximum absolute atomic E-state index is 14.9. The summed E-state index contributed by atoms with van der Waals surface area (Å²) in [6.45, 7) is 12.9. The number of methoxy groups -OCH3 is 4. The number of thioether (sulfide) groups is 1. The summed E-state index contributed by atoms with van der Waals surface area (Å²) >= 11 is 1.49. The van der Waals surface area contributed by atoms with E-state index >= 15 is 0 Å². The second-order valence-electron chi connectivity index (χ2n) is 20.6. The van der Waals surface area contributed by atoms with Crippen LogP contribution in [-0.2, 0) is 61.8 Å². The number of carbonyl (C=O) groups is 3. The molecule has 7 rings (SSSR count). The molecule has 4 heterocycles. The molecular formula is C57H77N3O20S4. The number of aliphatic hydroxyl groups excluding tert-OH is 3. The molecule has 0 radical (unpaired) electrons. The summed E-state index contributed by atoms with van der Waals surface area (Å²) in [4.78, 5) is 47.9. The molecule has 4 aliphatic heterocycles. The van der Waals surface area contributed by atoms with Crippen molar-refractivity contribution in [3.8, 4) is 35.2 Å². The number of fused-ring (bicyclic) bond motifs is 2. The third-order valence-corrected chi connectivity index (χ3v) is 19.6. The zero-order valence-electron chi connectivity index (χ0n) is 48.6. The van der Waals surface area contributed by atoms with Gasteiger partial charge in [-0.2, -0.15) is 17.2 Å². The Kier molecular flexibility index (Phi) is 25.2. The molecule has 4 saturated heterocycles. The molecule has 1 aromatic carbocycles. The van der Waals surface area contributed by atoms with Crippen LogP contribution in [0.15, 0.2) is 59.9 Å². The van der Waals surface area contributed by atoms with E-state index in [1.54, 1.807) is 20.1 Å². The number of allylic oxidation sites excluding steroid dienone is 2. The first kappa shape index (κ1) is 67.6. The Morgan fingerprint density at radius 2 is 1.61 bits per heavy atom. The molecule has 6 aliphatic rings. The second-order valence-corrected chi connectivity index (χ2v) is 26.0. The number of rotatable bonds is 24. The number of esters is 1. The predicted molar refractivity (Wildman–Crippen MR) is 315 cm³/mol. The van der Waals surface area contributed by atoms with Crippen LogP contribution in [0.1, 0.15) is 64.2 Å². The first-order valence-electron chi connectivity index (χ1n) is 27.2. The highest BCUT2D eigenvalue weighted by Crippen LogP contribution is 2.42. The van der Waals surface area contributed by atoms with Crippen LogP contribution >= 0.6 is 43.2 Å². The van der Waals surface area contributed by atoms with Crippen LogP contribution < -0.4 is 25.6 Å². The molecule has 0 aromatic heterocycles. The van der Waals surface area contributed by atoms with Gasteiger partial charge in [-0.05, 0) is 61.3 Å². The molecule has 4 fully saturated rings. The van der Waals surface area contributed by atoms with Crippen LogP contribution in [0, 0.1) is 23.7 Å². The molecule has 0 saturated carbocycles. The molecule has 19 atom stereocenters. The summed E-state index contributed by atoms with van der Waals surface area (Å²) in [6.07, 6.45) is -7.09. The zero-order valence-corrected chi connectivity index (χ0v) is 51.9. The van der Waals surface area contributed by atoms with E-state index in [1.165, 1.54) is 102 Å². The Morgan fingerprint density at radius 3 is 2.29 bits per heavy atom. The van der Waals surface area contributed by atoms with Gasteiger partial charge in [0.05, 0.1) is 87.0 Å². The number of benzene rings is 1. The van der Waals surface area contributed by atoms with Gasteiger partial charge in [0.15, 0.2) is 59.9 Å². The van der Waals surface area contributed by atoms with Gasteiger partial charge in [0, 0.05) is 61.4 Å². The average molecular weight is 1250 g/mol. The fourth-order valence-electron chi connectivity index (χ4n) is 10.4. The van der Waals surface area contributed by atoms with Crippen molar-refractivity contribution in [3.05, 3.63) is 65.5 Å². The summed E-state index contributed by atoms with van der Waals surface area (Å²) in [5, 5.41) is 53.8. The maximum atomic E-state index is 14.9. The fraction of sp³-hybridized carbons (Fsp3) is 0.632. The van der Waals surface area contributed by atoms with E-state index < -0.39 is 109 Å².